The molecule has 6 nitrogen and oxygen atoms in total. The molecular formula is C20H27N3O3. The normalized spacial score (nSPS) is 19.7. The Balaban J connectivity index is 1.62. The number of methoxy groups -OCH3 is 2. The number of aromatic nitrogens is 2. The lowest BCUT2D eigenvalue weighted by atomic mass is 9.68. The molecule has 0 amide bonds. The van der Waals surface area contributed by atoms with Crippen LogP contribution in [0.3, 0.4) is 0 Å². The monoisotopic (exact) mass is 357 g/mol. The van der Waals surface area contributed by atoms with Crippen molar-refractivity contribution in [1.29, 1.82) is 0 Å². The Labute approximate surface area is 153 Å². The maximum Gasteiger partial charge on any atom is 0.260 e. The Morgan fingerprint density at radius 2 is 1.65 bits per heavy atom. The molecule has 6 heteroatoms. The van der Waals surface area contributed by atoms with Crippen LogP contribution < -0.4 is 19.9 Å². The Morgan fingerprint density at radius 1 is 1.00 bits per heavy atom. The molecule has 2 aromatic rings. The molecule has 4 rings (SSSR count). The fraction of sp³-hybridized carbons (Fsp3) is 0.600. The third kappa shape index (κ3) is 3.02. The third-order valence-electron chi connectivity index (χ3n) is 6.24. The summed E-state index contributed by atoms with van der Waals surface area (Å²) in [6.07, 6.45) is 9.23. The van der Waals surface area contributed by atoms with Gasteiger partial charge in [-0.3, -0.25) is 9.78 Å². The number of anilines is 1. The topological polar surface area (TPSA) is 67.5 Å². The van der Waals surface area contributed by atoms with E-state index in [2.05, 4.69) is 9.88 Å². The molecule has 0 bridgehead atoms. The highest BCUT2D eigenvalue weighted by atomic mass is 16.5. The fourth-order valence-electron chi connectivity index (χ4n) is 4.60. The predicted octanol–water partition coefficient (Wildman–Crippen LogP) is 3.49. The number of nitrogens with one attached hydrogen (secondary N) is 1. The number of fused-ring (bicyclic) bond motifs is 1. The molecule has 1 N–H and O–H groups in total. The molecule has 0 unspecified atom stereocenters. The fourth-order valence-corrected chi connectivity index (χ4v) is 4.60. The summed E-state index contributed by atoms with van der Waals surface area (Å²) in [5, 5.41) is 0.521. The lowest BCUT2D eigenvalue weighted by Crippen LogP contribution is -2.42. The molecule has 2 aliphatic rings. The van der Waals surface area contributed by atoms with Crippen LogP contribution in [0.5, 0.6) is 11.5 Å². The number of ether oxygens (including phenoxy) is 2. The van der Waals surface area contributed by atoms with Gasteiger partial charge in [-0.05, 0) is 37.2 Å². The number of piperidine rings is 1. The van der Waals surface area contributed by atoms with Crippen LogP contribution >= 0.6 is 0 Å². The highest BCUT2D eigenvalue weighted by Gasteiger charge is 2.36. The first-order valence-electron chi connectivity index (χ1n) is 9.55. The summed E-state index contributed by atoms with van der Waals surface area (Å²) in [5.41, 5.74) is 1.03. The second kappa shape index (κ2) is 6.82. The summed E-state index contributed by atoms with van der Waals surface area (Å²) in [7, 11) is 3.15. The van der Waals surface area contributed by atoms with E-state index in [0.29, 0.717) is 33.8 Å². The maximum atomic E-state index is 12.6. The van der Waals surface area contributed by atoms with E-state index in [1.807, 2.05) is 0 Å². The van der Waals surface area contributed by atoms with E-state index in [0.717, 1.165) is 13.1 Å². The molecule has 1 saturated heterocycles. The van der Waals surface area contributed by atoms with Crippen LogP contribution in [-0.2, 0) is 0 Å². The van der Waals surface area contributed by atoms with Crippen LogP contribution in [0.1, 0.15) is 44.9 Å². The summed E-state index contributed by atoms with van der Waals surface area (Å²) in [4.78, 5) is 22.5. The molecule has 2 fully saturated rings. The quantitative estimate of drug-likeness (QED) is 0.911. The predicted molar refractivity (Wildman–Crippen MR) is 102 cm³/mol. The molecule has 1 aromatic heterocycles. The number of rotatable bonds is 3. The van der Waals surface area contributed by atoms with Gasteiger partial charge < -0.3 is 14.4 Å². The first kappa shape index (κ1) is 17.2. The Hall–Kier alpha value is -2.24. The minimum atomic E-state index is -0.135. The molecule has 1 spiro atoms. The van der Waals surface area contributed by atoms with Crippen molar-refractivity contribution in [2.24, 2.45) is 5.41 Å². The Morgan fingerprint density at radius 3 is 2.31 bits per heavy atom. The van der Waals surface area contributed by atoms with Gasteiger partial charge >= 0.3 is 0 Å². The van der Waals surface area contributed by atoms with Crippen molar-refractivity contribution < 1.29 is 9.47 Å². The smallest absolute Gasteiger partial charge is 0.260 e. The molecule has 140 valence electrons. The zero-order valence-electron chi connectivity index (χ0n) is 15.6. The van der Waals surface area contributed by atoms with E-state index in [1.165, 1.54) is 44.9 Å². The molecule has 2 heterocycles. The lowest BCUT2D eigenvalue weighted by Gasteiger charge is -2.44. The van der Waals surface area contributed by atoms with E-state index < -0.39 is 0 Å². The molecule has 0 radical (unpaired) electrons. The van der Waals surface area contributed by atoms with Crippen molar-refractivity contribution in [3.63, 3.8) is 0 Å². The minimum absolute atomic E-state index is 0.135. The van der Waals surface area contributed by atoms with Gasteiger partial charge in [0.05, 0.1) is 25.1 Å². The van der Waals surface area contributed by atoms with Crippen LogP contribution in [0.2, 0.25) is 0 Å². The van der Waals surface area contributed by atoms with Crippen molar-refractivity contribution in [3.8, 4) is 11.5 Å². The van der Waals surface area contributed by atoms with Gasteiger partial charge in [0.2, 0.25) is 5.95 Å². The van der Waals surface area contributed by atoms with Gasteiger partial charge in [0, 0.05) is 19.2 Å². The SMILES string of the molecule is COc1cc2nc(N3CCC4(CCCCC4)CC3)[nH]c(=O)c2cc1OC. The average Bonchev–Trinajstić information content (AvgIpc) is 2.68. The van der Waals surface area contributed by atoms with Crippen LogP contribution in [0.25, 0.3) is 10.9 Å². The first-order chi connectivity index (χ1) is 12.6. The Bertz CT molecular complexity index is 845. The summed E-state index contributed by atoms with van der Waals surface area (Å²) in [5.74, 6) is 1.79. The zero-order chi connectivity index (χ0) is 18.1. The van der Waals surface area contributed by atoms with Gasteiger partial charge in [-0.1, -0.05) is 19.3 Å². The number of aromatic amines is 1. The molecule has 1 aliphatic carbocycles. The van der Waals surface area contributed by atoms with Gasteiger partial charge in [0.25, 0.3) is 5.56 Å². The number of H-pyrrole nitrogens is 1. The zero-order valence-corrected chi connectivity index (χ0v) is 15.6. The van der Waals surface area contributed by atoms with Gasteiger partial charge in [0.1, 0.15) is 0 Å². The summed E-state index contributed by atoms with van der Waals surface area (Å²) < 4.78 is 10.6. The highest BCUT2D eigenvalue weighted by Crippen LogP contribution is 2.44. The maximum absolute atomic E-state index is 12.6. The van der Waals surface area contributed by atoms with Crippen LogP contribution in [0.15, 0.2) is 16.9 Å². The van der Waals surface area contributed by atoms with Crippen molar-refractivity contribution in [2.45, 2.75) is 44.9 Å². The van der Waals surface area contributed by atoms with Gasteiger partial charge in [-0.2, -0.15) is 0 Å². The first-order valence-corrected chi connectivity index (χ1v) is 9.55. The second-order valence-electron chi connectivity index (χ2n) is 7.66. The second-order valence-corrected chi connectivity index (χ2v) is 7.66. The summed E-state index contributed by atoms with van der Waals surface area (Å²) >= 11 is 0. The van der Waals surface area contributed by atoms with E-state index in [4.69, 9.17) is 14.5 Å². The van der Waals surface area contributed by atoms with Gasteiger partial charge in [-0.25, -0.2) is 4.98 Å². The number of hydrogen-bond acceptors (Lipinski definition) is 5. The van der Waals surface area contributed by atoms with Crippen molar-refractivity contribution in [3.05, 3.63) is 22.5 Å². The van der Waals surface area contributed by atoms with Crippen LogP contribution in [0, 0.1) is 5.41 Å². The van der Waals surface area contributed by atoms with E-state index in [1.54, 1.807) is 26.4 Å². The van der Waals surface area contributed by atoms with Gasteiger partial charge in [-0.15, -0.1) is 0 Å². The largest absolute Gasteiger partial charge is 0.493 e. The lowest BCUT2D eigenvalue weighted by molar-refractivity contribution is 0.144. The molecule has 26 heavy (non-hydrogen) atoms. The highest BCUT2D eigenvalue weighted by molar-refractivity contribution is 5.82. The van der Waals surface area contributed by atoms with Crippen LogP contribution in [-0.4, -0.2) is 37.3 Å². The van der Waals surface area contributed by atoms with Gasteiger partial charge in [0.15, 0.2) is 11.5 Å². The van der Waals surface area contributed by atoms with E-state index in [-0.39, 0.29) is 5.56 Å². The number of nitrogens with zero attached hydrogens (tertiary/aromatic N) is 2. The van der Waals surface area contributed by atoms with Crippen molar-refractivity contribution in [1.82, 2.24) is 9.97 Å². The minimum Gasteiger partial charge on any atom is -0.493 e. The standard InChI is InChI=1S/C20H27N3O3/c1-25-16-12-14-15(13-17(16)26-2)21-19(22-18(14)24)23-10-8-20(9-11-23)6-4-3-5-7-20/h12-13H,3-11H2,1-2H3,(H,21,22,24). The molecule has 1 saturated carbocycles. The third-order valence-corrected chi connectivity index (χ3v) is 6.24. The number of benzene rings is 1. The van der Waals surface area contributed by atoms with Crippen molar-refractivity contribution in [2.75, 3.05) is 32.2 Å². The summed E-state index contributed by atoms with van der Waals surface area (Å²) in [6.45, 7) is 1.92. The Kier molecular flexibility index (Phi) is 4.51. The molecule has 0 atom stereocenters. The number of hydrogen-bond donors (Lipinski definition) is 1. The average molecular weight is 357 g/mol. The molecular weight excluding hydrogens is 330 g/mol. The van der Waals surface area contributed by atoms with Crippen LogP contribution in [0.4, 0.5) is 5.95 Å². The van der Waals surface area contributed by atoms with Crippen molar-refractivity contribution >= 4 is 16.9 Å². The molecule has 1 aromatic carbocycles. The van der Waals surface area contributed by atoms with E-state index >= 15 is 0 Å². The molecule has 1 aliphatic heterocycles. The summed E-state index contributed by atoms with van der Waals surface area (Å²) in [6, 6.07) is 3.47. The van der Waals surface area contributed by atoms with E-state index in [9.17, 15) is 4.79 Å².